The summed E-state index contributed by atoms with van der Waals surface area (Å²) >= 11 is 1.64. The lowest BCUT2D eigenvalue weighted by Gasteiger charge is -2.16. The quantitative estimate of drug-likeness (QED) is 0.639. The van der Waals surface area contributed by atoms with E-state index in [0.29, 0.717) is 0 Å². The number of aryl methyl sites for hydroxylation is 1. The third kappa shape index (κ3) is 1.90. The van der Waals surface area contributed by atoms with Crippen molar-refractivity contribution >= 4 is 11.8 Å². The van der Waals surface area contributed by atoms with Gasteiger partial charge in [0.25, 0.3) is 0 Å². The van der Waals surface area contributed by atoms with Gasteiger partial charge in [-0.05, 0) is 42.4 Å². The molecule has 2 rings (SSSR count). The molecule has 1 aromatic carbocycles. The highest BCUT2D eigenvalue weighted by molar-refractivity contribution is 7.99. The first-order valence-electron chi connectivity index (χ1n) is 4.40. The molecule has 1 aromatic rings. The lowest BCUT2D eigenvalue weighted by Crippen LogP contribution is -2.07. The predicted molar refractivity (Wildman–Crippen MR) is 50.5 cm³/mol. The standard InChI is InChI=1S/C10H9F3S/c11-10(12,13)8-3-4-9-7(6-8)2-1-5-14-9/h3-4,6H,1-2,5H2. The number of benzene rings is 1. The molecule has 0 radical (unpaired) electrons. The fourth-order valence-electron chi connectivity index (χ4n) is 1.54. The fraction of sp³-hybridized carbons (Fsp3) is 0.400. The maximum atomic E-state index is 12.4. The van der Waals surface area contributed by atoms with Crippen LogP contribution in [0.4, 0.5) is 13.2 Å². The zero-order chi connectivity index (χ0) is 10.2. The summed E-state index contributed by atoms with van der Waals surface area (Å²) < 4.78 is 37.1. The van der Waals surface area contributed by atoms with Gasteiger partial charge in [-0.3, -0.25) is 0 Å². The second-order valence-corrected chi connectivity index (χ2v) is 4.41. The van der Waals surface area contributed by atoms with Crippen LogP contribution in [0.25, 0.3) is 0 Å². The van der Waals surface area contributed by atoms with Crippen molar-refractivity contribution in [2.45, 2.75) is 23.9 Å². The van der Waals surface area contributed by atoms with Gasteiger partial charge in [0, 0.05) is 4.90 Å². The summed E-state index contributed by atoms with van der Waals surface area (Å²) in [6.07, 6.45) is -2.47. The van der Waals surface area contributed by atoms with E-state index in [0.717, 1.165) is 35.1 Å². The van der Waals surface area contributed by atoms with Crippen molar-refractivity contribution in [3.8, 4) is 0 Å². The molecule has 1 heterocycles. The van der Waals surface area contributed by atoms with Crippen LogP contribution in [0.1, 0.15) is 17.5 Å². The monoisotopic (exact) mass is 218 g/mol. The van der Waals surface area contributed by atoms with Crippen molar-refractivity contribution in [3.63, 3.8) is 0 Å². The Morgan fingerprint density at radius 1 is 1.21 bits per heavy atom. The van der Waals surface area contributed by atoms with Gasteiger partial charge in [0.15, 0.2) is 0 Å². The molecule has 0 fully saturated rings. The summed E-state index contributed by atoms with van der Waals surface area (Å²) in [5, 5.41) is 0. The number of rotatable bonds is 0. The minimum Gasteiger partial charge on any atom is -0.166 e. The zero-order valence-corrected chi connectivity index (χ0v) is 8.21. The molecule has 0 bridgehead atoms. The molecule has 76 valence electrons. The van der Waals surface area contributed by atoms with Gasteiger partial charge in [0.2, 0.25) is 0 Å². The number of hydrogen-bond donors (Lipinski definition) is 0. The van der Waals surface area contributed by atoms with Crippen LogP contribution < -0.4 is 0 Å². The molecule has 0 aromatic heterocycles. The van der Waals surface area contributed by atoms with Gasteiger partial charge in [0.1, 0.15) is 0 Å². The van der Waals surface area contributed by atoms with Crippen molar-refractivity contribution in [1.29, 1.82) is 0 Å². The Morgan fingerprint density at radius 3 is 2.71 bits per heavy atom. The second kappa shape index (κ2) is 3.50. The van der Waals surface area contributed by atoms with Crippen LogP contribution in [0.15, 0.2) is 23.1 Å². The Kier molecular flexibility index (Phi) is 2.47. The van der Waals surface area contributed by atoms with E-state index in [-0.39, 0.29) is 0 Å². The smallest absolute Gasteiger partial charge is 0.166 e. The summed E-state index contributed by atoms with van der Waals surface area (Å²) in [4.78, 5) is 1.00. The van der Waals surface area contributed by atoms with Crippen LogP contribution in [-0.2, 0) is 12.6 Å². The topological polar surface area (TPSA) is 0 Å². The first kappa shape index (κ1) is 9.90. The summed E-state index contributed by atoms with van der Waals surface area (Å²) in [6, 6.07) is 4.03. The highest BCUT2D eigenvalue weighted by Gasteiger charge is 2.31. The molecule has 0 saturated carbocycles. The number of halogens is 3. The summed E-state index contributed by atoms with van der Waals surface area (Å²) in [7, 11) is 0. The summed E-state index contributed by atoms with van der Waals surface area (Å²) in [5.74, 6) is 1.01. The maximum Gasteiger partial charge on any atom is 0.416 e. The van der Waals surface area contributed by atoms with Gasteiger partial charge in [-0.25, -0.2) is 0 Å². The highest BCUT2D eigenvalue weighted by atomic mass is 32.2. The van der Waals surface area contributed by atoms with E-state index in [1.54, 1.807) is 17.8 Å². The van der Waals surface area contributed by atoms with Gasteiger partial charge in [0.05, 0.1) is 5.56 Å². The molecule has 4 heteroatoms. The molecular formula is C10H9F3S. The van der Waals surface area contributed by atoms with E-state index in [1.165, 1.54) is 6.07 Å². The lowest BCUT2D eigenvalue weighted by atomic mass is 10.1. The Balaban J connectivity index is 2.39. The first-order valence-corrected chi connectivity index (χ1v) is 5.39. The molecular weight excluding hydrogens is 209 g/mol. The Labute approximate surface area is 84.5 Å². The zero-order valence-electron chi connectivity index (χ0n) is 7.40. The third-order valence-corrected chi connectivity index (χ3v) is 3.44. The van der Waals surface area contributed by atoms with Crippen molar-refractivity contribution < 1.29 is 13.2 Å². The fourth-order valence-corrected chi connectivity index (χ4v) is 2.56. The van der Waals surface area contributed by atoms with E-state index in [1.807, 2.05) is 0 Å². The van der Waals surface area contributed by atoms with Crippen LogP contribution in [0.2, 0.25) is 0 Å². The van der Waals surface area contributed by atoms with E-state index in [2.05, 4.69) is 0 Å². The first-order chi connectivity index (χ1) is 6.57. The van der Waals surface area contributed by atoms with Gasteiger partial charge in [-0.1, -0.05) is 0 Å². The molecule has 0 N–H and O–H groups in total. The molecule has 0 aliphatic carbocycles. The van der Waals surface area contributed by atoms with Crippen LogP contribution in [0, 0.1) is 0 Å². The largest absolute Gasteiger partial charge is 0.416 e. The molecule has 1 aliphatic rings. The maximum absolute atomic E-state index is 12.4. The second-order valence-electron chi connectivity index (χ2n) is 3.27. The predicted octanol–water partition coefficient (Wildman–Crippen LogP) is 3.74. The minimum absolute atomic E-state index is 0.529. The van der Waals surface area contributed by atoms with Crippen LogP contribution in [-0.4, -0.2) is 5.75 Å². The molecule has 0 atom stereocenters. The lowest BCUT2D eigenvalue weighted by molar-refractivity contribution is -0.137. The number of hydrogen-bond acceptors (Lipinski definition) is 1. The van der Waals surface area contributed by atoms with Crippen molar-refractivity contribution in [2.24, 2.45) is 0 Å². The number of fused-ring (bicyclic) bond motifs is 1. The average molecular weight is 218 g/mol. The van der Waals surface area contributed by atoms with Crippen LogP contribution >= 0.6 is 11.8 Å². The molecule has 0 unspecified atom stereocenters. The molecule has 1 aliphatic heterocycles. The summed E-state index contributed by atoms with van der Waals surface area (Å²) in [6.45, 7) is 0. The Bertz CT molecular complexity index is 344. The van der Waals surface area contributed by atoms with Gasteiger partial charge < -0.3 is 0 Å². The molecule has 0 saturated heterocycles. The SMILES string of the molecule is FC(F)(F)c1ccc2c(c1)CCCS2. The normalized spacial score (nSPS) is 16.5. The van der Waals surface area contributed by atoms with E-state index in [4.69, 9.17) is 0 Å². The minimum atomic E-state index is -4.21. The molecule has 14 heavy (non-hydrogen) atoms. The Morgan fingerprint density at radius 2 is 2.00 bits per heavy atom. The van der Waals surface area contributed by atoms with Crippen molar-refractivity contribution in [3.05, 3.63) is 29.3 Å². The van der Waals surface area contributed by atoms with Crippen LogP contribution in [0.5, 0.6) is 0 Å². The highest BCUT2D eigenvalue weighted by Crippen LogP contribution is 2.35. The van der Waals surface area contributed by atoms with E-state index >= 15 is 0 Å². The molecule has 0 nitrogen and oxygen atoms in total. The third-order valence-electron chi connectivity index (χ3n) is 2.24. The van der Waals surface area contributed by atoms with Crippen molar-refractivity contribution in [2.75, 3.05) is 5.75 Å². The van der Waals surface area contributed by atoms with Crippen LogP contribution in [0.3, 0.4) is 0 Å². The van der Waals surface area contributed by atoms with Gasteiger partial charge >= 0.3 is 6.18 Å². The summed E-state index contributed by atoms with van der Waals surface area (Å²) in [5.41, 5.74) is 0.315. The van der Waals surface area contributed by atoms with E-state index in [9.17, 15) is 13.2 Å². The van der Waals surface area contributed by atoms with Gasteiger partial charge in [-0.2, -0.15) is 13.2 Å². The van der Waals surface area contributed by atoms with Crippen molar-refractivity contribution in [1.82, 2.24) is 0 Å². The molecule has 0 amide bonds. The Hall–Kier alpha value is -0.640. The van der Waals surface area contributed by atoms with E-state index < -0.39 is 11.7 Å². The van der Waals surface area contributed by atoms with Gasteiger partial charge in [-0.15, -0.1) is 11.8 Å². The number of alkyl halides is 3. The average Bonchev–Trinajstić information content (AvgIpc) is 2.16. The number of thioether (sulfide) groups is 1. The molecule has 0 spiro atoms.